The fraction of sp³-hybridized carbons (Fsp3) is 0.263. The Bertz CT molecular complexity index is 741. The summed E-state index contributed by atoms with van der Waals surface area (Å²) in [6.45, 7) is 5.77. The summed E-state index contributed by atoms with van der Waals surface area (Å²) in [6.07, 6.45) is 0.213. The maximum Gasteiger partial charge on any atom is 0.276 e. The van der Waals surface area contributed by atoms with E-state index in [-0.39, 0.29) is 18.9 Å². The molecule has 0 spiro atoms. The second-order valence-corrected chi connectivity index (χ2v) is 5.73. The van der Waals surface area contributed by atoms with Crippen molar-refractivity contribution >= 4 is 11.8 Å². The molecule has 0 aliphatic rings. The number of aryl methyl sites for hydroxylation is 3. The molecule has 2 rings (SSSR count). The number of hydrogen-bond donors (Lipinski definition) is 2. The lowest BCUT2D eigenvalue weighted by Crippen LogP contribution is -2.44. The van der Waals surface area contributed by atoms with Crippen LogP contribution in [-0.2, 0) is 16.0 Å². The van der Waals surface area contributed by atoms with Crippen LogP contribution in [0.2, 0.25) is 0 Å². The minimum atomic E-state index is -0.411. The molecule has 2 N–H and O–H groups in total. The molecule has 0 aliphatic carbocycles. The first-order valence-corrected chi connectivity index (χ1v) is 7.78. The van der Waals surface area contributed by atoms with Crippen molar-refractivity contribution in [3.05, 3.63) is 64.7 Å². The van der Waals surface area contributed by atoms with E-state index in [0.29, 0.717) is 5.75 Å². The zero-order valence-corrected chi connectivity index (χ0v) is 14.2. The van der Waals surface area contributed by atoms with E-state index in [4.69, 9.17) is 4.74 Å². The maximum absolute atomic E-state index is 11.9. The van der Waals surface area contributed by atoms with Crippen LogP contribution in [0.25, 0.3) is 0 Å². The van der Waals surface area contributed by atoms with Gasteiger partial charge < -0.3 is 4.74 Å². The molecule has 0 bridgehead atoms. The third-order valence-electron chi connectivity index (χ3n) is 3.80. The molecular weight excluding hydrogens is 304 g/mol. The van der Waals surface area contributed by atoms with Crippen molar-refractivity contribution in [1.29, 1.82) is 0 Å². The fourth-order valence-corrected chi connectivity index (χ4v) is 2.15. The number of carbonyl (C=O) groups excluding carboxylic acids is 2. The van der Waals surface area contributed by atoms with Crippen LogP contribution >= 0.6 is 0 Å². The van der Waals surface area contributed by atoms with E-state index in [0.717, 1.165) is 22.3 Å². The van der Waals surface area contributed by atoms with Gasteiger partial charge in [-0.25, -0.2) is 0 Å². The molecule has 126 valence electrons. The Morgan fingerprint density at radius 3 is 2.29 bits per heavy atom. The van der Waals surface area contributed by atoms with Gasteiger partial charge in [-0.3, -0.25) is 20.4 Å². The second kappa shape index (κ2) is 8.15. The van der Waals surface area contributed by atoms with Crippen LogP contribution in [0.15, 0.2) is 42.5 Å². The van der Waals surface area contributed by atoms with Crippen LogP contribution in [-0.4, -0.2) is 18.4 Å². The average molecular weight is 326 g/mol. The van der Waals surface area contributed by atoms with Crippen LogP contribution in [0.4, 0.5) is 0 Å². The van der Waals surface area contributed by atoms with E-state index in [2.05, 4.69) is 10.9 Å². The minimum Gasteiger partial charge on any atom is -0.484 e. The summed E-state index contributed by atoms with van der Waals surface area (Å²) >= 11 is 0. The molecule has 0 saturated heterocycles. The minimum absolute atomic E-state index is 0.160. The molecule has 2 aromatic carbocycles. The summed E-state index contributed by atoms with van der Waals surface area (Å²) < 4.78 is 5.41. The molecule has 0 radical (unpaired) electrons. The van der Waals surface area contributed by atoms with Crippen molar-refractivity contribution in [1.82, 2.24) is 10.9 Å². The molecule has 0 atom stereocenters. The first kappa shape index (κ1) is 17.5. The highest BCUT2D eigenvalue weighted by Crippen LogP contribution is 2.16. The van der Waals surface area contributed by atoms with E-state index in [9.17, 15) is 9.59 Å². The van der Waals surface area contributed by atoms with Crippen molar-refractivity contribution in [2.45, 2.75) is 27.2 Å². The van der Waals surface area contributed by atoms with Crippen molar-refractivity contribution in [3.8, 4) is 5.75 Å². The predicted molar refractivity (Wildman–Crippen MR) is 92.6 cm³/mol. The first-order valence-electron chi connectivity index (χ1n) is 7.78. The zero-order chi connectivity index (χ0) is 17.5. The lowest BCUT2D eigenvalue weighted by Gasteiger charge is -2.10. The predicted octanol–water partition coefficient (Wildman–Crippen LogP) is 2.38. The summed E-state index contributed by atoms with van der Waals surface area (Å²) in [5, 5.41) is 0. The second-order valence-electron chi connectivity index (χ2n) is 5.73. The van der Waals surface area contributed by atoms with Gasteiger partial charge in [0.2, 0.25) is 5.91 Å². The van der Waals surface area contributed by atoms with E-state index in [1.54, 1.807) is 0 Å². The Morgan fingerprint density at radius 1 is 0.875 bits per heavy atom. The van der Waals surface area contributed by atoms with E-state index >= 15 is 0 Å². The summed E-state index contributed by atoms with van der Waals surface area (Å²) in [5.41, 5.74) is 8.98. The summed E-state index contributed by atoms with van der Waals surface area (Å²) in [5.74, 6) is -0.0605. The number of ether oxygens (including phenoxy) is 1. The van der Waals surface area contributed by atoms with Crippen LogP contribution in [0.3, 0.4) is 0 Å². The Hall–Kier alpha value is -2.82. The number of benzene rings is 2. The third-order valence-corrected chi connectivity index (χ3v) is 3.80. The molecule has 0 heterocycles. The first-order chi connectivity index (χ1) is 11.5. The van der Waals surface area contributed by atoms with Crippen molar-refractivity contribution in [2.75, 3.05) is 6.61 Å². The Kier molecular flexibility index (Phi) is 5.95. The number of hydrogen-bond acceptors (Lipinski definition) is 3. The summed E-state index contributed by atoms with van der Waals surface area (Å²) in [4.78, 5) is 23.6. The van der Waals surface area contributed by atoms with Gasteiger partial charge in [0.15, 0.2) is 6.61 Å². The molecule has 0 fully saturated rings. The Morgan fingerprint density at radius 2 is 1.58 bits per heavy atom. The normalized spacial score (nSPS) is 10.1. The average Bonchev–Trinajstić information content (AvgIpc) is 2.56. The van der Waals surface area contributed by atoms with Gasteiger partial charge in [0.05, 0.1) is 6.42 Å². The summed E-state index contributed by atoms with van der Waals surface area (Å²) in [7, 11) is 0. The number of nitrogens with one attached hydrogen (secondary N) is 2. The zero-order valence-electron chi connectivity index (χ0n) is 14.2. The highest BCUT2D eigenvalue weighted by molar-refractivity contribution is 5.84. The van der Waals surface area contributed by atoms with Crippen LogP contribution in [0.1, 0.15) is 22.3 Å². The van der Waals surface area contributed by atoms with Crippen LogP contribution in [0.5, 0.6) is 5.75 Å². The number of carbonyl (C=O) groups is 2. The standard InChI is InChI=1S/C19H22N2O3/c1-13-8-9-17(10-15(13)3)24-12-19(23)21-20-18(22)11-16-7-5-4-6-14(16)2/h4-10H,11-12H2,1-3H3,(H,20,22)(H,21,23). The largest absolute Gasteiger partial charge is 0.484 e. The molecule has 5 heteroatoms. The number of hydrazine groups is 1. The third kappa shape index (κ3) is 5.12. The molecule has 0 aliphatic heterocycles. The van der Waals surface area contributed by atoms with Gasteiger partial charge in [-0.1, -0.05) is 30.3 Å². The lowest BCUT2D eigenvalue weighted by atomic mass is 10.1. The van der Waals surface area contributed by atoms with Crippen molar-refractivity contribution in [2.24, 2.45) is 0 Å². The monoisotopic (exact) mass is 326 g/mol. The van der Waals surface area contributed by atoms with Crippen molar-refractivity contribution in [3.63, 3.8) is 0 Å². The van der Waals surface area contributed by atoms with Gasteiger partial charge in [-0.15, -0.1) is 0 Å². The van der Waals surface area contributed by atoms with E-state index < -0.39 is 5.91 Å². The maximum atomic E-state index is 11.9. The van der Waals surface area contributed by atoms with Gasteiger partial charge in [0, 0.05) is 0 Å². The smallest absolute Gasteiger partial charge is 0.276 e. The molecule has 0 saturated carbocycles. The molecule has 0 unspecified atom stereocenters. The quantitative estimate of drug-likeness (QED) is 0.829. The van der Waals surface area contributed by atoms with Gasteiger partial charge in [0.1, 0.15) is 5.75 Å². The lowest BCUT2D eigenvalue weighted by molar-refractivity contribution is -0.129. The molecule has 24 heavy (non-hydrogen) atoms. The van der Waals surface area contributed by atoms with E-state index in [1.807, 2.05) is 63.2 Å². The Balaban J connectivity index is 1.75. The topological polar surface area (TPSA) is 67.4 Å². The van der Waals surface area contributed by atoms with Gasteiger partial charge in [-0.2, -0.15) is 0 Å². The van der Waals surface area contributed by atoms with Gasteiger partial charge in [-0.05, 0) is 55.2 Å². The van der Waals surface area contributed by atoms with Crippen LogP contribution < -0.4 is 15.6 Å². The van der Waals surface area contributed by atoms with E-state index in [1.165, 1.54) is 0 Å². The summed E-state index contributed by atoms with van der Waals surface area (Å²) in [6, 6.07) is 13.3. The molecule has 2 amide bonds. The molecule has 0 aromatic heterocycles. The van der Waals surface area contributed by atoms with Crippen molar-refractivity contribution < 1.29 is 14.3 Å². The van der Waals surface area contributed by atoms with Gasteiger partial charge >= 0.3 is 0 Å². The molecular formula is C19H22N2O3. The molecule has 2 aromatic rings. The number of rotatable bonds is 5. The van der Waals surface area contributed by atoms with Crippen LogP contribution in [0, 0.1) is 20.8 Å². The van der Waals surface area contributed by atoms with Gasteiger partial charge in [0.25, 0.3) is 5.91 Å². The highest BCUT2D eigenvalue weighted by atomic mass is 16.5. The fourth-order valence-electron chi connectivity index (χ4n) is 2.15. The Labute approximate surface area is 142 Å². The highest BCUT2D eigenvalue weighted by Gasteiger charge is 2.08. The number of amides is 2. The molecule has 5 nitrogen and oxygen atoms in total. The SMILES string of the molecule is Cc1ccc(OCC(=O)NNC(=O)Cc2ccccc2C)cc1C.